The van der Waals surface area contributed by atoms with Crippen LogP contribution in [-0.2, 0) is 12.8 Å². The molecule has 2 aromatic heterocycles. The lowest BCUT2D eigenvalue weighted by atomic mass is 10.0. The molecule has 6 heteroatoms. The van der Waals surface area contributed by atoms with Gasteiger partial charge in [0, 0.05) is 11.1 Å². The fourth-order valence-electron chi connectivity index (χ4n) is 1.91. The molecule has 1 aliphatic rings. The van der Waals surface area contributed by atoms with E-state index in [1.807, 2.05) is 0 Å². The van der Waals surface area contributed by atoms with Crippen LogP contribution in [0.1, 0.15) is 23.4 Å². The molecule has 1 N–H and O–H groups in total. The van der Waals surface area contributed by atoms with E-state index in [0.717, 1.165) is 20.9 Å². The van der Waals surface area contributed by atoms with Crippen molar-refractivity contribution in [3.8, 4) is 0 Å². The van der Waals surface area contributed by atoms with E-state index in [1.165, 1.54) is 29.8 Å². The Balaban J connectivity index is 1.86. The zero-order chi connectivity index (χ0) is 11.7. The molecule has 0 spiro atoms. The number of aryl methyl sites for hydroxylation is 2. The van der Waals surface area contributed by atoms with E-state index in [4.69, 9.17) is 0 Å². The van der Waals surface area contributed by atoms with Crippen LogP contribution in [0.4, 0.5) is 10.9 Å². The lowest BCUT2D eigenvalue weighted by Gasteiger charge is -2.06. The molecule has 1 aliphatic carbocycles. The highest BCUT2D eigenvalue weighted by molar-refractivity contribution is 14.1. The molecule has 88 valence electrons. The van der Waals surface area contributed by atoms with Crippen molar-refractivity contribution < 1.29 is 0 Å². The number of hydrogen-bond donors (Lipinski definition) is 1. The molecule has 2 aromatic rings. The van der Waals surface area contributed by atoms with Crippen LogP contribution in [0.2, 0.25) is 0 Å². The topological polar surface area (TPSA) is 50.7 Å². The first-order valence-corrected chi connectivity index (χ1v) is 7.43. The van der Waals surface area contributed by atoms with Crippen LogP contribution in [0, 0.1) is 3.57 Å². The van der Waals surface area contributed by atoms with Gasteiger partial charge in [0.1, 0.15) is 12.1 Å². The third kappa shape index (κ3) is 2.42. The van der Waals surface area contributed by atoms with E-state index in [1.54, 1.807) is 23.9 Å². The van der Waals surface area contributed by atoms with E-state index in [2.05, 4.69) is 42.9 Å². The third-order valence-corrected chi connectivity index (χ3v) is 4.60. The van der Waals surface area contributed by atoms with Gasteiger partial charge in [-0.1, -0.05) is 0 Å². The molecule has 0 fully saturated rings. The minimum Gasteiger partial charge on any atom is -0.315 e. The number of nitrogens with zero attached hydrogens (tertiary/aromatic N) is 3. The molecular weight excluding hydrogens is 347 g/mol. The van der Waals surface area contributed by atoms with Gasteiger partial charge >= 0.3 is 0 Å². The van der Waals surface area contributed by atoms with E-state index in [9.17, 15) is 0 Å². The van der Waals surface area contributed by atoms with Crippen LogP contribution in [0.15, 0.2) is 12.5 Å². The largest absolute Gasteiger partial charge is 0.315 e. The monoisotopic (exact) mass is 358 g/mol. The number of thiazole rings is 1. The minimum atomic E-state index is 0.840. The van der Waals surface area contributed by atoms with Crippen LogP contribution in [0.3, 0.4) is 0 Å². The Bertz CT molecular complexity index is 517. The molecule has 0 amide bonds. The molecule has 2 heterocycles. The zero-order valence-corrected chi connectivity index (χ0v) is 12.1. The van der Waals surface area contributed by atoms with Crippen molar-refractivity contribution in [2.75, 3.05) is 5.32 Å². The predicted molar refractivity (Wildman–Crippen MR) is 76.8 cm³/mol. The van der Waals surface area contributed by atoms with Gasteiger partial charge in [0.15, 0.2) is 5.13 Å². The van der Waals surface area contributed by atoms with Crippen molar-refractivity contribution >= 4 is 44.9 Å². The van der Waals surface area contributed by atoms with Crippen LogP contribution in [0.5, 0.6) is 0 Å². The SMILES string of the molecule is Ic1cncnc1Nc1nc2c(s1)CCCC2. The second-order valence-corrected chi connectivity index (χ2v) is 6.19. The van der Waals surface area contributed by atoms with Gasteiger partial charge in [-0.2, -0.15) is 0 Å². The third-order valence-electron chi connectivity index (χ3n) is 2.74. The van der Waals surface area contributed by atoms with Crippen molar-refractivity contribution in [3.05, 3.63) is 26.7 Å². The Labute approximate surface area is 117 Å². The zero-order valence-electron chi connectivity index (χ0n) is 9.11. The summed E-state index contributed by atoms with van der Waals surface area (Å²) in [6, 6.07) is 0. The van der Waals surface area contributed by atoms with Gasteiger partial charge in [0.2, 0.25) is 0 Å². The summed E-state index contributed by atoms with van der Waals surface area (Å²) in [6.45, 7) is 0. The molecular formula is C11H11IN4S. The molecule has 0 saturated carbocycles. The molecule has 0 radical (unpaired) electrons. The maximum Gasteiger partial charge on any atom is 0.188 e. The van der Waals surface area contributed by atoms with Crippen LogP contribution in [-0.4, -0.2) is 15.0 Å². The number of aromatic nitrogens is 3. The van der Waals surface area contributed by atoms with Crippen LogP contribution < -0.4 is 5.32 Å². The average Bonchev–Trinajstić information content (AvgIpc) is 2.74. The molecule has 0 unspecified atom stereocenters. The summed E-state index contributed by atoms with van der Waals surface area (Å²) in [7, 11) is 0. The van der Waals surface area contributed by atoms with Crippen LogP contribution >= 0.6 is 33.9 Å². The highest BCUT2D eigenvalue weighted by atomic mass is 127. The van der Waals surface area contributed by atoms with Crippen molar-refractivity contribution in [1.29, 1.82) is 0 Å². The Morgan fingerprint density at radius 3 is 3.00 bits per heavy atom. The number of halogens is 1. The van der Waals surface area contributed by atoms with Crippen molar-refractivity contribution in [3.63, 3.8) is 0 Å². The van der Waals surface area contributed by atoms with Crippen molar-refractivity contribution in [2.45, 2.75) is 25.7 Å². The maximum atomic E-state index is 4.63. The molecule has 4 nitrogen and oxygen atoms in total. The maximum absolute atomic E-state index is 4.63. The average molecular weight is 358 g/mol. The number of nitrogens with one attached hydrogen (secondary N) is 1. The lowest BCUT2D eigenvalue weighted by molar-refractivity contribution is 0.683. The number of fused-ring (bicyclic) bond motifs is 1. The van der Waals surface area contributed by atoms with Crippen molar-refractivity contribution in [2.24, 2.45) is 0 Å². The van der Waals surface area contributed by atoms with Gasteiger partial charge in [-0.3, -0.25) is 0 Å². The van der Waals surface area contributed by atoms with E-state index < -0.39 is 0 Å². The first-order chi connectivity index (χ1) is 8.33. The summed E-state index contributed by atoms with van der Waals surface area (Å²) in [6.07, 6.45) is 8.20. The molecule has 0 bridgehead atoms. The second-order valence-electron chi connectivity index (χ2n) is 3.94. The summed E-state index contributed by atoms with van der Waals surface area (Å²) in [5.41, 5.74) is 1.27. The summed E-state index contributed by atoms with van der Waals surface area (Å²) in [4.78, 5) is 14.3. The highest BCUT2D eigenvalue weighted by Crippen LogP contribution is 2.31. The Morgan fingerprint density at radius 1 is 1.29 bits per heavy atom. The van der Waals surface area contributed by atoms with E-state index >= 15 is 0 Å². The normalized spacial score (nSPS) is 14.4. The highest BCUT2D eigenvalue weighted by Gasteiger charge is 2.15. The summed E-state index contributed by atoms with van der Waals surface area (Å²) >= 11 is 3.98. The van der Waals surface area contributed by atoms with Gasteiger partial charge in [0.25, 0.3) is 0 Å². The molecule has 0 atom stereocenters. The van der Waals surface area contributed by atoms with Crippen LogP contribution in [0.25, 0.3) is 0 Å². The standard InChI is InChI=1S/C11H11IN4S/c12-7-5-13-6-14-10(7)16-11-15-8-3-1-2-4-9(8)17-11/h5-6H,1-4H2,(H,13,14,15,16). The smallest absolute Gasteiger partial charge is 0.188 e. The predicted octanol–water partition coefficient (Wildman–Crippen LogP) is 3.16. The Hall–Kier alpha value is -0.760. The summed E-state index contributed by atoms with van der Waals surface area (Å²) in [5, 5.41) is 4.23. The van der Waals surface area contributed by atoms with E-state index in [-0.39, 0.29) is 0 Å². The fraction of sp³-hybridized carbons (Fsp3) is 0.364. The summed E-state index contributed by atoms with van der Waals surface area (Å²) in [5.74, 6) is 0.840. The number of anilines is 2. The van der Waals surface area contributed by atoms with Gasteiger partial charge in [-0.15, -0.1) is 11.3 Å². The van der Waals surface area contributed by atoms with Gasteiger partial charge in [-0.05, 0) is 48.3 Å². The number of hydrogen-bond acceptors (Lipinski definition) is 5. The van der Waals surface area contributed by atoms with Gasteiger partial charge < -0.3 is 5.32 Å². The summed E-state index contributed by atoms with van der Waals surface area (Å²) < 4.78 is 1.01. The quantitative estimate of drug-likeness (QED) is 0.838. The van der Waals surface area contributed by atoms with Gasteiger partial charge in [-0.25, -0.2) is 15.0 Å². The molecule has 0 aliphatic heterocycles. The minimum absolute atomic E-state index is 0.840. The molecule has 0 aromatic carbocycles. The number of rotatable bonds is 2. The molecule has 3 rings (SSSR count). The Kier molecular flexibility index (Phi) is 3.24. The second kappa shape index (κ2) is 4.85. The lowest BCUT2D eigenvalue weighted by Crippen LogP contribution is -1.99. The van der Waals surface area contributed by atoms with Crippen molar-refractivity contribution in [1.82, 2.24) is 15.0 Å². The van der Waals surface area contributed by atoms with E-state index in [0.29, 0.717) is 0 Å². The first kappa shape index (κ1) is 11.3. The molecule has 0 saturated heterocycles. The fourth-order valence-corrected chi connectivity index (χ4v) is 3.40. The first-order valence-electron chi connectivity index (χ1n) is 5.54. The molecule has 17 heavy (non-hydrogen) atoms. The van der Waals surface area contributed by atoms with Gasteiger partial charge in [0.05, 0.1) is 9.26 Å². The Morgan fingerprint density at radius 2 is 2.18 bits per heavy atom.